The van der Waals surface area contributed by atoms with Crippen LogP contribution in [-0.2, 0) is 17.7 Å². The van der Waals surface area contributed by atoms with E-state index < -0.39 is 0 Å². The maximum Gasteiger partial charge on any atom is 0.322 e. The first-order valence-corrected chi connectivity index (χ1v) is 10.7. The average Bonchev–Trinajstić information content (AvgIpc) is 2.68. The number of morpholine rings is 1. The van der Waals surface area contributed by atoms with Gasteiger partial charge in [0, 0.05) is 37.3 Å². The van der Waals surface area contributed by atoms with Crippen LogP contribution in [0.2, 0.25) is 0 Å². The van der Waals surface area contributed by atoms with Crippen LogP contribution in [-0.4, -0.2) is 52.7 Å². The first-order chi connectivity index (χ1) is 14.3. The zero-order chi connectivity index (χ0) is 21.4. The van der Waals surface area contributed by atoms with Crippen molar-refractivity contribution in [3.05, 3.63) is 46.4 Å². The molecule has 2 aromatic rings. The molecular weight excluding hydrogens is 378 g/mol. The van der Waals surface area contributed by atoms with Crippen LogP contribution in [0.3, 0.4) is 0 Å². The van der Waals surface area contributed by atoms with Gasteiger partial charge in [0.2, 0.25) is 0 Å². The molecule has 2 amide bonds. The van der Waals surface area contributed by atoms with Crippen molar-refractivity contribution in [3.63, 3.8) is 0 Å². The Morgan fingerprint density at radius 2 is 1.87 bits per heavy atom. The number of benzene rings is 1. The Hall–Kier alpha value is -2.67. The standard InChI is InChI=1S/C23H31N5O2/c1-14-6-7-20(15(2)10-14)26-23(29)27-9-8-21-19(13-27)22(25-18(5)24-21)28-11-16(3)30-17(4)12-28/h6-7,10,16-17H,8-9,11-13H2,1-5H3,(H,26,29)/t16-,17-/m1/s1. The van der Waals surface area contributed by atoms with Crippen LogP contribution in [0.4, 0.5) is 16.3 Å². The Morgan fingerprint density at radius 3 is 2.57 bits per heavy atom. The van der Waals surface area contributed by atoms with E-state index in [2.05, 4.69) is 42.0 Å². The molecule has 0 bridgehead atoms. The lowest BCUT2D eigenvalue weighted by atomic mass is 10.0. The lowest BCUT2D eigenvalue weighted by Gasteiger charge is -2.38. The molecule has 1 saturated heterocycles. The van der Waals surface area contributed by atoms with Crippen LogP contribution in [0.5, 0.6) is 0 Å². The van der Waals surface area contributed by atoms with Gasteiger partial charge in [0.25, 0.3) is 0 Å². The maximum atomic E-state index is 13.0. The summed E-state index contributed by atoms with van der Waals surface area (Å²) in [5.41, 5.74) is 5.22. The third-order valence-corrected chi connectivity index (χ3v) is 5.78. The molecule has 2 aliphatic heterocycles. The van der Waals surface area contributed by atoms with E-state index in [1.165, 1.54) is 5.56 Å². The number of aryl methyl sites for hydroxylation is 3. The number of nitrogens with zero attached hydrogens (tertiary/aromatic N) is 4. The van der Waals surface area contributed by atoms with E-state index in [-0.39, 0.29) is 18.2 Å². The van der Waals surface area contributed by atoms with E-state index in [0.717, 1.165) is 53.7 Å². The number of amides is 2. The zero-order valence-electron chi connectivity index (χ0n) is 18.5. The predicted octanol–water partition coefficient (Wildman–Crippen LogP) is 3.61. The number of hydrogen-bond acceptors (Lipinski definition) is 5. The number of ether oxygens (including phenoxy) is 1. The summed E-state index contributed by atoms with van der Waals surface area (Å²) in [7, 11) is 0. The van der Waals surface area contributed by atoms with E-state index in [0.29, 0.717) is 13.1 Å². The van der Waals surface area contributed by atoms with Gasteiger partial charge in [0.15, 0.2) is 0 Å². The number of carbonyl (C=O) groups excluding carboxylic acids is 1. The number of urea groups is 1. The number of hydrogen-bond donors (Lipinski definition) is 1. The van der Waals surface area contributed by atoms with Crippen LogP contribution >= 0.6 is 0 Å². The van der Waals surface area contributed by atoms with E-state index in [4.69, 9.17) is 9.72 Å². The molecule has 4 rings (SSSR count). The minimum Gasteiger partial charge on any atom is -0.372 e. The predicted molar refractivity (Wildman–Crippen MR) is 118 cm³/mol. The molecule has 2 aliphatic rings. The van der Waals surface area contributed by atoms with Gasteiger partial charge in [-0.2, -0.15) is 0 Å². The molecule has 7 heteroatoms. The minimum absolute atomic E-state index is 0.0807. The van der Waals surface area contributed by atoms with E-state index in [9.17, 15) is 4.79 Å². The molecule has 0 spiro atoms. The highest BCUT2D eigenvalue weighted by Gasteiger charge is 2.30. The summed E-state index contributed by atoms with van der Waals surface area (Å²) in [6, 6.07) is 5.98. The zero-order valence-corrected chi connectivity index (χ0v) is 18.5. The number of aromatic nitrogens is 2. The Balaban J connectivity index is 1.57. The fourth-order valence-corrected chi connectivity index (χ4v) is 4.45. The summed E-state index contributed by atoms with van der Waals surface area (Å²) < 4.78 is 5.90. The maximum absolute atomic E-state index is 13.0. The van der Waals surface area contributed by atoms with Gasteiger partial charge < -0.3 is 19.9 Å². The molecule has 160 valence electrons. The normalized spacial score (nSPS) is 21.4. The third-order valence-electron chi connectivity index (χ3n) is 5.78. The van der Waals surface area contributed by atoms with Gasteiger partial charge in [-0.3, -0.25) is 0 Å². The molecule has 0 saturated carbocycles. The summed E-state index contributed by atoms with van der Waals surface area (Å²) in [5, 5.41) is 3.08. The summed E-state index contributed by atoms with van der Waals surface area (Å²) in [5.74, 6) is 1.73. The first-order valence-electron chi connectivity index (χ1n) is 10.7. The monoisotopic (exact) mass is 409 g/mol. The summed E-state index contributed by atoms with van der Waals surface area (Å²) >= 11 is 0. The minimum atomic E-state index is -0.0807. The molecular formula is C23H31N5O2. The largest absolute Gasteiger partial charge is 0.372 e. The van der Waals surface area contributed by atoms with Crippen molar-refractivity contribution >= 4 is 17.5 Å². The molecule has 1 N–H and O–H groups in total. The molecule has 7 nitrogen and oxygen atoms in total. The van der Waals surface area contributed by atoms with Gasteiger partial charge in [-0.15, -0.1) is 0 Å². The van der Waals surface area contributed by atoms with E-state index >= 15 is 0 Å². The van der Waals surface area contributed by atoms with Crippen LogP contribution in [0.1, 0.15) is 42.1 Å². The summed E-state index contributed by atoms with van der Waals surface area (Å²) in [4.78, 5) is 26.6. The average molecular weight is 410 g/mol. The van der Waals surface area contributed by atoms with Crippen molar-refractivity contribution < 1.29 is 9.53 Å². The molecule has 2 atom stereocenters. The van der Waals surface area contributed by atoms with Crippen molar-refractivity contribution in [1.29, 1.82) is 0 Å². The highest BCUT2D eigenvalue weighted by Crippen LogP contribution is 2.29. The Morgan fingerprint density at radius 1 is 1.13 bits per heavy atom. The molecule has 1 aromatic heterocycles. The number of carbonyl (C=O) groups is 1. The molecule has 1 aromatic carbocycles. The summed E-state index contributed by atoms with van der Waals surface area (Å²) in [6.07, 6.45) is 1.03. The topological polar surface area (TPSA) is 70.6 Å². The number of fused-ring (bicyclic) bond motifs is 1. The Bertz CT molecular complexity index is 951. The van der Waals surface area contributed by atoms with Gasteiger partial charge in [-0.25, -0.2) is 14.8 Å². The summed E-state index contributed by atoms with van der Waals surface area (Å²) in [6.45, 7) is 12.9. The van der Waals surface area contributed by atoms with Gasteiger partial charge in [0.1, 0.15) is 11.6 Å². The SMILES string of the molecule is Cc1ccc(NC(=O)N2CCc3nc(C)nc(N4C[C@@H](C)O[C@H](C)C4)c3C2)c(C)c1. The fraction of sp³-hybridized carbons (Fsp3) is 0.522. The van der Waals surface area contributed by atoms with E-state index in [1.54, 1.807) is 0 Å². The Labute approximate surface area is 178 Å². The second-order valence-electron chi connectivity index (χ2n) is 8.60. The van der Waals surface area contributed by atoms with Gasteiger partial charge >= 0.3 is 6.03 Å². The molecule has 0 aliphatic carbocycles. The van der Waals surface area contributed by atoms with E-state index in [1.807, 2.05) is 30.9 Å². The second kappa shape index (κ2) is 8.22. The van der Waals surface area contributed by atoms with Crippen molar-refractivity contribution in [2.24, 2.45) is 0 Å². The van der Waals surface area contributed by atoms with Gasteiger partial charge in [0.05, 0.1) is 24.4 Å². The second-order valence-corrected chi connectivity index (χ2v) is 8.60. The van der Waals surface area contributed by atoms with Crippen LogP contribution < -0.4 is 10.2 Å². The Kier molecular flexibility index (Phi) is 5.64. The van der Waals surface area contributed by atoms with Crippen molar-refractivity contribution in [2.45, 2.75) is 59.8 Å². The lowest BCUT2D eigenvalue weighted by Crippen LogP contribution is -2.47. The number of anilines is 2. The lowest BCUT2D eigenvalue weighted by molar-refractivity contribution is -0.00557. The molecule has 0 radical (unpaired) electrons. The van der Waals surface area contributed by atoms with Gasteiger partial charge in [-0.1, -0.05) is 17.7 Å². The number of nitrogens with one attached hydrogen (secondary N) is 1. The van der Waals surface area contributed by atoms with Crippen molar-refractivity contribution in [1.82, 2.24) is 14.9 Å². The smallest absolute Gasteiger partial charge is 0.322 e. The quantitative estimate of drug-likeness (QED) is 0.821. The molecule has 3 heterocycles. The van der Waals surface area contributed by atoms with Crippen LogP contribution in [0.25, 0.3) is 0 Å². The number of rotatable bonds is 2. The fourth-order valence-electron chi connectivity index (χ4n) is 4.45. The van der Waals surface area contributed by atoms with Gasteiger partial charge in [-0.05, 0) is 46.2 Å². The molecule has 0 unspecified atom stereocenters. The van der Waals surface area contributed by atoms with Crippen LogP contribution in [0, 0.1) is 20.8 Å². The third kappa shape index (κ3) is 4.26. The van der Waals surface area contributed by atoms with Crippen molar-refractivity contribution in [3.8, 4) is 0 Å². The highest BCUT2D eigenvalue weighted by atomic mass is 16.5. The van der Waals surface area contributed by atoms with Crippen molar-refractivity contribution in [2.75, 3.05) is 29.9 Å². The highest BCUT2D eigenvalue weighted by molar-refractivity contribution is 5.90. The molecule has 1 fully saturated rings. The first kappa shape index (κ1) is 20.6. The van der Waals surface area contributed by atoms with Crippen LogP contribution in [0.15, 0.2) is 18.2 Å². The molecule has 30 heavy (non-hydrogen) atoms.